The lowest BCUT2D eigenvalue weighted by molar-refractivity contribution is -0.134. The average molecular weight is 237 g/mol. The van der Waals surface area contributed by atoms with Gasteiger partial charge in [0, 0.05) is 25.3 Å². The molecule has 2 rings (SSSR count). The summed E-state index contributed by atoms with van der Waals surface area (Å²) in [5.74, 6) is 0.518. The minimum absolute atomic E-state index is 0.0980. The van der Waals surface area contributed by atoms with E-state index in [1.807, 2.05) is 4.90 Å². The number of amides is 1. The number of aromatic nitrogens is 3. The van der Waals surface area contributed by atoms with E-state index in [-0.39, 0.29) is 18.5 Å². The lowest BCUT2D eigenvalue weighted by atomic mass is 9.91. The second kappa shape index (κ2) is 5.27. The Morgan fingerprint density at radius 3 is 3.06 bits per heavy atom. The molecular weight excluding hydrogens is 218 g/mol. The molecule has 0 aliphatic carbocycles. The van der Waals surface area contributed by atoms with Gasteiger partial charge in [0.1, 0.15) is 6.54 Å². The third kappa shape index (κ3) is 2.82. The Balaban J connectivity index is 1.91. The molecule has 1 aliphatic rings. The van der Waals surface area contributed by atoms with Gasteiger partial charge in [0.05, 0.1) is 6.20 Å². The van der Waals surface area contributed by atoms with E-state index in [0.29, 0.717) is 5.92 Å². The molecule has 0 bridgehead atoms. The Bertz CT molecular complexity index is 364. The Morgan fingerprint density at radius 2 is 2.41 bits per heavy atom. The van der Waals surface area contributed by atoms with E-state index in [2.05, 4.69) is 17.2 Å². The van der Waals surface area contributed by atoms with Crippen molar-refractivity contribution in [3.63, 3.8) is 0 Å². The standard InChI is InChI=1S/C11H19N5O/c1-2-9-7-15(5-3-10(9)12)11(17)8-16-6-4-13-14-16/h4,6,9-10H,2-3,5,7-8,12H2,1H3. The van der Waals surface area contributed by atoms with E-state index < -0.39 is 0 Å². The number of nitrogens with zero attached hydrogens (tertiary/aromatic N) is 4. The normalized spacial score (nSPS) is 24.9. The van der Waals surface area contributed by atoms with Crippen LogP contribution in [0.3, 0.4) is 0 Å². The lowest BCUT2D eigenvalue weighted by Gasteiger charge is -2.36. The van der Waals surface area contributed by atoms with E-state index in [4.69, 9.17) is 5.73 Å². The van der Waals surface area contributed by atoms with Crippen molar-refractivity contribution in [2.75, 3.05) is 13.1 Å². The first-order valence-electron chi connectivity index (χ1n) is 6.08. The fourth-order valence-corrected chi connectivity index (χ4v) is 2.26. The molecule has 1 amide bonds. The number of carbonyl (C=O) groups is 1. The Morgan fingerprint density at radius 1 is 1.59 bits per heavy atom. The van der Waals surface area contributed by atoms with Gasteiger partial charge in [-0.2, -0.15) is 0 Å². The van der Waals surface area contributed by atoms with Crippen molar-refractivity contribution in [1.82, 2.24) is 19.9 Å². The number of likely N-dealkylation sites (tertiary alicyclic amines) is 1. The SMILES string of the molecule is CCC1CN(C(=O)Cn2ccnn2)CCC1N. The first kappa shape index (κ1) is 12.0. The van der Waals surface area contributed by atoms with E-state index in [1.54, 1.807) is 17.1 Å². The van der Waals surface area contributed by atoms with Gasteiger partial charge in [-0.1, -0.05) is 18.6 Å². The summed E-state index contributed by atoms with van der Waals surface area (Å²) < 4.78 is 1.55. The molecule has 2 unspecified atom stereocenters. The van der Waals surface area contributed by atoms with Crippen LogP contribution >= 0.6 is 0 Å². The highest BCUT2D eigenvalue weighted by atomic mass is 16.2. The fourth-order valence-electron chi connectivity index (χ4n) is 2.26. The molecule has 6 heteroatoms. The molecule has 0 aromatic carbocycles. The molecule has 6 nitrogen and oxygen atoms in total. The van der Waals surface area contributed by atoms with Crippen LogP contribution in [0.15, 0.2) is 12.4 Å². The van der Waals surface area contributed by atoms with Gasteiger partial charge in [-0.3, -0.25) is 4.79 Å². The highest BCUT2D eigenvalue weighted by Gasteiger charge is 2.27. The summed E-state index contributed by atoms with van der Waals surface area (Å²) in [6.45, 7) is 3.91. The van der Waals surface area contributed by atoms with Crippen LogP contribution in [0.4, 0.5) is 0 Å². The molecule has 94 valence electrons. The zero-order chi connectivity index (χ0) is 12.3. The molecule has 2 heterocycles. The molecule has 1 aromatic rings. The molecule has 2 atom stereocenters. The molecule has 1 saturated heterocycles. The van der Waals surface area contributed by atoms with Crippen molar-refractivity contribution in [1.29, 1.82) is 0 Å². The maximum atomic E-state index is 12.0. The summed E-state index contributed by atoms with van der Waals surface area (Å²) in [4.78, 5) is 13.9. The van der Waals surface area contributed by atoms with Crippen LogP contribution in [0.25, 0.3) is 0 Å². The molecule has 0 radical (unpaired) electrons. The summed E-state index contributed by atoms with van der Waals surface area (Å²) >= 11 is 0. The second-order valence-corrected chi connectivity index (χ2v) is 4.56. The zero-order valence-electron chi connectivity index (χ0n) is 10.1. The van der Waals surface area contributed by atoms with Crippen LogP contribution in [-0.2, 0) is 11.3 Å². The molecule has 0 saturated carbocycles. The summed E-state index contributed by atoms with van der Waals surface area (Å²) in [5.41, 5.74) is 6.02. The molecule has 17 heavy (non-hydrogen) atoms. The number of hydrogen-bond acceptors (Lipinski definition) is 4. The first-order chi connectivity index (χ1) is 8.20. The molecule has 2 N–H and O–H groups in total. The topological polar surface area (TPSA) is 77.0 Å². The van der Waals surface area contributed by atoms with Crippen LogP contribution in [0, 0.1) is 5.92 Å². The van der Waals surface area contributed by atoms with Crippen molar-refractivity contribution < 1.29 is 4.79 Å². The smallest absolute Gasteiger partial charge is 0.244 e. The van der Waals surface area contributed by atoms with E-state index in [0.717, 1.165) is 25.9 Å². The lowest BCUT2D eigenvalue weighted by Crippen LogP contribution is -2.49. The second-order valence-electron chi connectivity index (χ2n) is 4.56. The van der Waals surface area contributed by atoms with Crippen LogP contribution in [0.2, 0.25) is 0 Å². The highest BCUT2D eigenvalue weighted by molar-refractivity contribution is 5.76. The van der Waals surface area contributed by atoms with Crippen molar-refractivity contribution in [3.05, 3.63) is 12.4 Å². The van der Waals surface area contributed by atoms with Crippen LogP contribution < -0.4 is 5.73 Å². The van der Waals surface area contributed by atoms with Crippen molar-refractivity contribution in [2.24, 2.45) is 11.7 Å². The molecular formula is C11H19N5O. The maximum absolute atomic E-state index is 12.0. The quantitative estimate of drug-likeness (QED) is 0.794. The van der Waals surface area contributed by atoms with Gasteiger partial charge in [0.15, 0.2) is 0 Å². The maximum Gasteiger partial charge on any atom is 0.244 e. The Hall–Kier alpha value is -1.43. The van der Waals surface area contributed by atoms with E-state index in [9.17, 15) is 4.79 Å². The van der Waals surface area contributed by atoms with Crippen LogP contribution in [0.5, 0.6) is 0 Å². The van der Waals surface area contributed by atoms with Gasteiger partial charge < -0.3 is 10.6 Å². The van der Waals surface area contributed by atoms with Gasteiger partial charge in [0.25, 0.3) is 0 Å². The molecule has 1 aromatic heterocycles. The van der Waals surface area contributed by atoms with Crippen LogP contribution in [-0.4, -0.2) is 44.9 Å². The van der Waals surface area contributed by atoms with Gasteiger partial charge >= 0.3 is 0 Å². The van der Waals surface area contributed by atoms with E-state index >= 15 is 0 Å². The van der Waals surface area contributed by atoms with Crippen LogP contribution in [0.1, 0.15) is 19.8 Å². The predicted octanol–water partition coefficient (Wildman–Crippen LogP) is -0.136. The Kier molecular flexibility index (Phi) is 3.73. The van der Waals surface area contributed by atoms with Gasteiger partial charge in [0.2, 0.25) is 5.91 Å². The Labute approximate surface area is 101 Å². The van der Waals surface area contributed by atoms with Gasteiger partial charge in [-0.25, -0.2) is 4.68 Å². The summed E-state index contributed by atoms with van der Waals surface area (Å²) in [6, 6.07) is 0.232. The number of carbonyl (C=O) groups excluding carboxylic acids is 1. The predicted molar refractivity (Wildman–Crippen MR) is 63.0 cm³/mol. The van der Waals surface area contributed by atoms with Crippen molar-refractivity contribution in [3.8, 4) is 0 Å². The number of piperidine rings is 1. The highest BCUT2D eigenvalue weighted by Crippen LogP contribution is 2.18. The minimum Gasteiger partial charge on any atom is -0.341 e. The largest absolute Gasteiger partial charge is 0.341 e. The number of rotatable bonds is 3. The summed E-state index contributed by atoms with van der Waals surface area (Å²) in [6.07, 6.45) is 5.19. The number of nitrogens with two attached hydrogens (primary N) is 1. The van der Waals surface area contributed by atoms with E-state index in [1.165, 1.54) is 0 Å². The minimum atomic E-state index is 0.0980. The summed E-state index contributed by atoms with van der Waals surface area (Å²) in [7, 11) is 0. The first-order valence-corrected chi connectivity index (χ1v) is 6.08. The van der Waals surface area contributed by atoms with Gasteiger partial charge in [-0.05, 0) is 12.3 Å². The van der Waals surface area contributed by atoms with Crippen molar-refractivity contribution in [2.45, 2.75) is 32.4 Å². The number of hydrogen-bond donors (Lipinski definition) is 1. The monoisotopic (exact) mass is 237 g/mol. The summed E-state index contributed by atoms with van der Waals surface area (Å²) in [5, 5.41) is 7.49. The third-order valence-electron chi connectivity index (χ3n) is 3.44. The molecule has 1 fully saturated rings. The third-order valence-corrected chi connectivity index (χ3v) is 3.44. The van der Waals surface area contributed by atoms with Crippen molar-refractivity contribution >= 4 is 5.91 Å². The molecule has 1 aliphatic heterocycles. The zero-order valence-corrected chi connectivity index (χ0v) is 10.1. The molecule has 0 spiro atoms. The average Bonchev–Trinajstić information content (AvgIpc) is 2.82. The van der Waals surface area contributed by atoms with Gasteiger partial charge in [-0.15, -0.1) is 5.10 Å². The fraction of sp³-hybridized carbons (Fsp3) is 0.727.